The summed E-state index contributed by atoms with van der Waals surface area (Å²) in [5.74, 6) is -0.729. The Kier molecular flexibility index (Phi) is 7.06. The molecule has 1 aromatic heterocycles. The van der Waals surface area contributed by atoms with Crippen LogP contribution >= 0.6 is 11.6 Å². The number of benzene rings is 2. The molecule has 2 aromatic carbocycles. The number of hydrogen-bond donors (Lipinski definition) is 2. The van der Waals surface area contributed by atoms with Crippen LogP contribution in [0.25, 0.3) is 11.0 Å². The predicted molar refractivity (Wildman–Crippen MR) is 114 cm³/mol. The van der Waals surface area contributed by atoms with Gasteiger partial charge in [-0.15, -0.1) is 0 Å². The number of ether oxygens (including phenoxy) is 1. The lowest BCUT2D eigenvalue weighted by Gasteiger charge is -2.19. The molecular weight excluding hydrogens is 430 g/mol. The third kappa shape index (κ3) is 5.29. The van der Waals surface area contributed by atoms with Crippen molar-refractivity contribution >= 4 is 40.1 Å². The lowest BCUT2D eigenvalue weighted by molar-refractivity contribution is -0.132. The van der Waals surface area contributed by atoms with Crippen LogP contribution in [0.3, 0.4) is 0 Å². The second kappa shape index (κ2) is 9.74. The smallest absolute Gasteiger partial charge is 0.295 e. The summed E-state index contributed by atoms with van der Waals surface area (Å²) in [7, 11) is 0. The Morgan fingerprint density at radius 2 is 1.94 bits per heavy atom. The molecule has 0 radical (unpaired) electrons. The van der Waals surface area contributed by atoms with Gasteiger partial charge in [-0.25, -0.2) is 13.8 Å². The maximum Gasteiger partial charge on any atom is 0.295 e. The molecule has 2 N–H and O–H groups in total. The molecule has 0 aliphatic rings. The number of halogens is 3. The van der Waals surface area contributed by atoms with Crippen LogP contribution < -0.4 is 10.1 Å². The van der Waals surface area contributed by atoms with Crippen LogP contribution in [-0.4, -0.2) is 46.4 Å². The number of carbonyl (C=O) groups excluding carboxylic acids is 2. The van der Waals surface area contributed by atoms with E-state index in [9.17, 15) is 18.4 Å². The molecule has 0 bridgehead atoms. The summed E-state index contributed by atoms with van der Waals surface area (Å²) in [6.45, 7) is 4.80. The average molecular weight is 451 g/mol. The van der Waals surface area contributed by atoms with Gasteiger partial charge in [0.1, 0.15) is 5.75 Å². The van der Waals surface area contributed by atoms with Crippen molar-refractivity contribution in [2.24, 2.45) is 0 Å². The minimum absolute atomic E-state index is 0.141. The Labute approximate surface area is 182 Å². The maximum absolute atomic E-state index is 12.8. The van der Waals surface area contributed by atoms with Crippen molar-refractivity contribution in [2.75, 3.05) is 25.0 Å². The summed E-state index contributed by atoms with van der Waals surface area (Å²) in [5.41, 5.74) is 1.35. The van der Waals surface area contributed by atoms with Crippen LogP contribution in [0.2, 0.25) is 5.02 Å². The zero-order valence-corrected chi connectivity index (χ0v) is 17.7. The average Bonchev–Trinajstić information content (AvgIpc) is 3.18. The van der Waals surface area contributed by atoms with Gasteiger partial charge >= 0.3 is 0 Å². The summed E-state index contributed by atoms with van der Waals surface area (Å²) in [4.78, 5) is 32.5. The van der Waals surface area contributed by atoms with Crippen molar-refractivity contribution in [3.63, 3.8) is 0 Å². The molecule has 0 unspecified atom stereocenters. The minimum Gasteiger partial charge on any atom is -0.482 e. The molecule has 0 spiro atoms. The summed E-state index contributed by atoms with van der Waals surface area (Å²) < 4.78 is 31.1. The van der Waals surface area contributed by atoms with Gasteiger partial charge in [-0.3, -0.25) is 9.59 Å². The molecule has 10 heteroatoms. The van der Waals surface area contributed by atoms with Gasteiger partial charge in [0.15, 0.2) is 12.4 Å². The normalized spacial score (nSPS) is 11.0. The molecule has 3 rings (SSSR count). The Bertz CT molecular complexity index is 1100. The Morgan fingerprint density at radius 3 is 2.58 bits per heavy atom. The van der Waals surface area contributed by atoms with Gasteiger partial charge in [-0.2, -0.15) is 0 Å². The monoisotopic (exact) mass is 450 g/mol. The largest absolute Gasteiger partial charge is 0.482 e. The van der Waals surface area contributed by atoms with Gasteiger partial charge in [0.05, 0.1) is 16.1 Å². The predicted octanol–water partition coefficient (Wildman–Crippen LogP) is 4.65. The van der Waals surface area contributed by atoms with E-state index in [0.717, 1.165) is 0 Å². The van der Waals surface area contributed by atoms with Crippen molar-refractivity contribution in [1.29, 1.82) is 0 Å². The molecule has 3 aromatic rings. The second-order valence-electron chi connectivity index (χ2n) is 6.61. The maximum atomic E-state index is 12.8. The number of aromatic nitrogens is 2. The molecule has 0 saturated heterocycles. The zero-order valence-electron chi connectivity index (χ0n) is 16.9. The van der Waals surface area contributed by atoms with E-state index in [-0.39, 0.29) is 23.1 Å². The highest BCUT2D eigenvalue weighted by Gasteiger charge is 2.15. The van der Waals surface area contributed by atoms with Crippen molar-refractivity contribution < 1.29 is 23.1 Å². The number of hydrogen-bond acceptors (Lipinski definition) is 4. The minimum atomic E-state index is -2.73. The first-order chi connectivity index (χ1) is 14.8. The van der Waals surface area contributed by atoms with Gasteiger partial charge in [-0.05, 0) is 50.2 Å². The number of anilines is 1. The van der Waals surface area contributed by atoms with Crippen LogP contribution in [-0.2, 0) is 4.79 Å². The second-order valence-corrected chi connectivity index (χ2v) is 7.02. The van der Waals surface area contributed by atoms with Crippen molar-refractivity contribution in [3.8, 4) is 5.75 Å². The highest BCUT2D eigenvalue weighted by Crippen LogP contribution is 2.28. The molecule has 164 valence electrons. The fourth-order valence-electron chi connectivity index (χ4n) is 2.98. The highest BCUT2D eigenvalue weighted by molar-refractivity contribution is 6.32. The van der Waals surface area contributed by atoms with Gasteiger partial charge in [0, 0.05) is 24.3 Å². The topological polar surface area (TPSA) is 87.3 Å². The van der Waals surface area contributed by atoms with Gasteiger partial charge in [-0.1, -0.05) is 11.6 Å². The number of carbonyl (C=O) groups is 2. The first-order valence-corrected chi connectivity index (χ1v) is 9.99. The fraction of sp³-hybridized carbons (Fsp3) is 0.286. The lowest BCUT2D eigenvalue weighted by atomic mass is 10.2. The Morgan fingerprint density at radius 1 is 1.19 bits per heavy atom. The number of H-pyrrole nitrogens is 1. The third-order valence-corrected chi connectivity index (χ3v) is 4.92. The van der Waals surface area contributed by atoms with Crippen LogP contribution in [0, 0.1) is 0 Å². The van der Waals surface area contributed by atoms with Gasteiger partial charge in [0.2, 0.25) is 0 Å². The van der Waals surface area contributed by atoms with Crippen LogP contribution in [0.15, 0.2) is 36.4 Å². The Hall–Kier alpha value is -3.20. The van der Waals surface area contributed by atoms with Gasteiger partial charge in [0.25, 0.3) is 18.2 Å². The number of likely N-dealkylation sites (N-methyl/N-ethyl adjacent to an activating group) is 1. The molecule has 0 aliphatic heterocycles. The van der Waals surface area contributed by atoms with Crippen molar-refractivity contribution in [3.05, 3.63) is 52.8 Å². The first-order valence-electron chi connectivity index (χ1n) is 9.61. The molecule has 0 aliphatic carbocycles. The van der Waals surface area contributed by atoms with Crippen LogP contribution in [0.1, 0.15) is 36.5 Å². The third-order valence-electron chi connectivity index (χ3n) is 4.63. The van der Waals surface area contributed by atoms with E-state index in [0.29, 0.717) is 35.6 Å². The summed E-state index contributed by atoms with van der Waals surface area (Å²) in [6.07, 6.45) is -2.73. The van der Waals surface area contributed by atoms with E-state index in [2.05, 4.69) is 15.3 Å². The number of amides is 2. The van der Waals surface area contributed by atoms with Crippen molar-refractivity contribution in [1.82, 2.24) is 14.9 Å². The molecular formula is C21H21ClF2N4O3. The molecule has 0 saturated carbocycles. The molecule has 7 nitrogen and oxygen atoms in total. The number of alkyl halides is 2. The standard InChI is InChI=1S/C21H21ClF2N4O3/c1-3-28(4-2)18(29)11-31-17-8-6-13(10-14(17)22)25-21(30)12-5-7-15-16(9-12)27-20(26-15)19(23)24/h5-10,19H,3-4,11H2,1-2H3,(H,25,30)(H,26,27). The summed E-state index contributed by atoms with van der Waals surface area (Å²) >= 11 is 6.21. The quantitative estimate of drug-likeness (QED) is 0.522. The molecule has 0 fully saturated rings. The SMILES string of the molecule is CCN(CC)C(=O)COc1ccc(NC(=O)c2ccc3nc(C(F)F)[nH]c3c2)cc1Cl. The summed E-state index contributed by atoms with van der Waals surface area (Å²) in [5, 5.41) is 2.92. The van der Waals surface area contributed by atoms with Gasteiger partial charge < -0.3 is 19.9 Å². The number of aromatic amines is 1. The number of fused-ring (bicyclic) bond motifs is 1. The van der Waals surface area contributed by atoms with Crippen molar-refractivity contribution in [2.45, 2.75) is 20.3 Å². The van der Waals surface area contributed by atoms with Crippen LogP contribution in [0.5, 0.6) is 5.75 Å². The van der Waals surface area contributed by atoms with E-state index in [1.54, 1.807) is 17.0 Å². The van der Waals surface area contributed by atoms with Crippen LogP contribution in [0.4, 0.5) is 14.5 Å². The van der Waals surface area contributed by atoms with E-state index in [1.807, 2.05) is 13.8 Å². The lowest BCUT2D eigenvalue weighted by Crippen LogP contribution is -2.34. The molecule has 1 heterocycles. The zero-order chi connectivity index (χ0) is 22.5. The molecule has 31 heavy (non-hydrogen) atoms. The fourth-order valence-corrected chi connectivity index (χ4v) is 3.22. The highest BCUT2D eigenvalue weighted by atomic mass is 35.5. The Balaban J connectivity index is 1.67. The van der Waals surface area contributed by atoms with E-state index in [4.69, 9.17) is 16.3 Å². The first kappa shape index (κ1) is 22.5. The number of nitrogens with zero attached hydrogens (tertiary/aromatic N) is 2. The molecule has 2 amide bonds. The summed E-state index contributed by atoms with van der Waals surface area (Å²) in [6, 6.07) is 9.07. The number of imidazole rings is 1. The van der Waals surface area contributed by atoms with E-state index < -0.39 is 18.2 Å². The van der Waals surface area contributed by atoms with E-state index >= 15 is 0 Å². The number of nitrogens with one attached hydrogen (secondary N) is 2. The van der Waals surface area contributed by atoms with E-state index in [1.165, 1.54) is 24.3 Å². The molecule has 0 atom stereocenters. The number of rotatable bonds is 8.